The molecule has 2 rings (SSSR count). The van der Waals surface area contributed by atoms with Crippen LogP contribution in [0.15, 0.2) is 18.2 Å². The van der Waals surface area contributed by atoms with E-state index in [0.29, 0.717) is 6.42 Å². The highest BCUT2D eigenvalue weighted by molar-refractivity contribution is 5.92. The zero-order valence-corrected chi connectivity index (χ0v) is 24.4. The molecule has 1 aliphatic carbocycles. The second kappa shape index (κ2) is 13.3. The third kappa shape index (κ3) is 9.35. The van der Waals surface area contributed by atoms with Crippen molar-refractivity contribution in [3.63, 3.8) is 0 Å². The Balaban J connectivity index is 2.48. The van der Waals surface area contributed by atoms with Crippen LogP contribution in [0.1, 0.15) is 110 Å². The zero-order valence-electron chi connectivity index (χ0n) is 24.4. The van der Waals surface area contributed by atoms with Gasteiger partial charge in [-0.15, -0.1) is 0 Å². The molecule has 0 saturated heterocycles. The van der Waals surface area contributed by atoms with Crippen LogP contribution in [0, 0.1) is 19.8 Å². The molecule has 0 heterocycles. The molecule has 0 radical (unpaired) electrons. The molecular formula is C30H49N3O4. The number of rotatable bonds is 9. The minimum atomic E-state index is -0.812. The Morgan fingerprint density at radius 2 is 1.65 bits per heavy atom. The van der Waals surface area contributed by atoms with E-state index in [0.717, 1.165) is 42.4 Å². The fourth-order valence-corrected chi connectivity index (χ4v) is 5.08. The van der Waals surface area contributed by atoms with Crippen LogP contribution in [-0.4, -0.2) is 46.5 Å². The lowest BCUT2D eigenvalue weighted by Gasteiger charge is -2.39. The van der Waals surface area contributed by atoms with Crippen molar-refractivity contribution in [2.75, 3.05) is 0 Å². The first-order valence-electron chi connectivity index (χ1n) is 13.9. The summed E-state index contributed by atoms with van der Waals surface area (Å²) in [4.78, 5) is 42.5. The molecule has 2 atom stereocenters. The monoisotopic (exact) mass is 515 g/mol. The molecule has 1 saturated carbocycles. The van der Waals surface area contributed by atoms with Crippen molar-refractivity contribution in [3.8, 4) is 0 Å². The Morgan fingerprint density at radius 3 is 2.16 bits per heavy atom. The lowest BCUT2D eigenvalue weighted by atomic mass is 9.92. The van der Waals surface area contributed by atoms with E-state index in [2.05, 4.69) is 10.6 Å². The standard InChI is InChI=1S/C30H49N3O4/c1-19(2)17-25(32-29(36)37-30(7,8)9)28(35)33(20(3)4)26(24-16-15-21(5)18-22(24)6)27(34)31-23-13-11-10-12-14-23/h15-16,18-20,23,25-26H,10-14,17H2,1-9H3,(H,31,34)(H,32,36). The van der Waals surface area contributed by atoms with Crippen molar-refractivity contribution in [2.45, 2.75) is 131 Å². The number of aryl methyl sites for hydroxylation is 2. The van der Waals surface area contributed by atoms with Gasteiger partial charge in [0.05, 0.1) is 0 Å². The molecule has 0 spiro atoms. The second-order valence-electron chi connectivity index (χ2n) is 12.3. The van der Waals surface area contributed by atoms with Crippen molar-refractivity contribution in [3.05, 3.63) is 34.9 Å². The number of hydrogen-bond acceptors (Lipinski definition) is 4. The van der Waals surface area contributed by atoms with E-state index in [1.807, 2.05) is 59.7 Å². The van der Waals surface area contributed by atoms with Crippen molar-refractivity contribution >= 4 is 17.9 Å². The van der Waals surface area contributed by atoms with E-state index in [-0.39, 0.29) is 29.8 Å². The Labute approximate surface area is 224 Å². The Bertz CT molecular complexity index is 929. The Morgan fingerprint density at radius 1 is 1.03 bits per heavy atom. The zero-order chi connectivity index (χ0) is 27.9. The number of nitrogens with one attached hydrogen (secondary N) is 2. The molecule has 3 amide bonds. The molecule has 37 heavy (non-hydrogen) atoms. The van der Waals surface area contributed by atoms with Gasteiger partial charge in [0, 0.05) is 12.1 Å². The SMILES string of the molecule is Cc1ccc(C(C(=O)NC2CCCCC2)N(C(=O)C(CC(C)C)NC(=O)OC(C)(C)C)C(C)C)c(C)c1. The van der Waals surface area contributed by atoms with Gasteiger partial charge in [0.2, 0.25) is 11.8 Å². The summed E-state index contributed by atoms with van der Waals surface area (Å²) in [6.45, 7) is 17.2. The lowest BCUT2D eigenvalue weighted by molar-refractivity contribution is -0.145. The molecule has 2 unspecified atom stereocenters. The van der Waals surface area contributed by atoms with Gasteiger partial charge < -0.3 is 20.3 Å². The molecule has 7 nitrogen and oxygen atoms in total. The topological polar surface area (TPSA) is 87.7 Å². The normalized spacial score (nSPS) is 16.3. The van der Waals surface area contributed by atoms with Crippen molar-refractivity contribution in [1.29, 1.82) is 0 Å². The van der Waals surface area contributed by atoms with Gasteiger partial charge in [0.1, 0.15) is 17.7 Å². The fraction of sp³-hybridized carbons (Fsp3) is 0.700. The number of hydrogen-bond donors (Lipinski definition) is 2. The molecule has 7 heteroatoms. The van der Waals surface area contributed by atoms with E-state index in [1.165, 1.54) is 6.42 Å². The minimum Gasteiger partial charge on any atom is -0.444 e. The van der Waals surface area contributed by atoms with E-state index in [4.69, 9.17) is 4.74 Å². The maximum absolute atomic E-state index is 14.2. The molecule has 1 aromatic carbocycles. The first kappa shape index (κ1) is 30.7. The predicted octanol–water partition coefficient (Wildman–Crippen LogP) is 5.97. The number of benzene rings is 1. The summed E-state index contributed by atoms with van der Waals surface area (Å²) in [6, 6.07) is 4.21. The molecule has 208 valence electrons. The Hall–Kier alpha value is -2.57. The summed E-state index contributed by atoms with van der Waals surface area (Å²) in [5.41, 5.74) is 2.18. The summed E-state index contributed by atoms with van der Waals surface area (Å²) >= 11 is 0. The molecule has 2 N–H and O–H groups in total. The van der Waals surface area contributed by atoms with Gasteiger partial charge in [-0.2, -0.15) is 0 Å². The lowest BCUT2D eigenvalue weighted by Crippen LogP contribution is -2.56. The van der Waals surface area contributed by atoms with E-state index in [1.54, 1.807) is 25.7 Å². The number of carbonyl (C=O) groups excluding carboxylic acids is 3. The van der Waals surface area contributed by atoms with Crippen molar-refractivity contribution in [2.24, 2.45) is 5.92 Å². The minimum absolute atomic E-state index is 0.116. The summed E-state index contributed by atoms with van der Waals surface area (Å²) in [5, 5.41) is 6.06. The van der Waals surface area contributed by atoms with E-state index in [9.17, 15) is 14.4 Å². The summed E-state index contributed by atoms with van der Waals surface area (Å²) in [7, 11) is 0. The molecule has 1 aromatic rings. The predicted molar refractivity (Wildman–Crippen MR) is 148 cm³/mol. The highest BCUT2D eigenvalue weighted by atomic mass is 16.6. The van der Waals surface area contributed by atoms with Crippen molar-refractivity contribution in [1.82, 2.24) is 15.5 Å². The van der Waals surface area contributed by atoms with Crippen LogP contribution >= 0.6 is 0 Å². The third-order valence-electron chi connectivity index (χ3n) is 6.70. The van der Waals surface area contributed by atoms with Gasteiger partial charge in [-0.05, 0) is 84.8 Å². The fourth-order valence-electron chi connectivity index (χ4n) is 5.08. The van der Waals surface area contributed by atoms with Gasteiger partial charge in [-0.25, -0.2) is 4.79 Å². The highest BCUT2D eigenvalue weighted by Gasteiger charge is 2.39. The first-order valence-corrected chi connectivity index (χ1v) is 13.9. The highest BCUT2D eigenvalue weighted by Crippen LogP contribution is 2.30. The number of ether oxygens (including phenoxy) is 1. The van der Waals surface area contributed by atoms with Gasteiger partial charge >= 0.3 is 6.09 Å². The smallest absolute Gasteiger partial charge is 0.408 e. The maximum Gasteiger partial charge on any atom is 0.408 e. The van der Waals surface area contributed by atoms with Gasteiger partial charge in [-0.3, -0.25) is 9.59 Å². The summed E-state index contributed by atoms with van der Waals surface area (Å²) in [6.07, 6.45) is 5.10. The van der Waals surface area contributed by atoms with Crippen LogP contribution in [0.3, 0.4) is 0 Å². The van der Waals surface area contributed by atoms with Crippen LogP contribution in [0.4, 0.5) is 4.79 Å². The average molecular weight is 516 g/mol. The van der Waals surface area contributed by atoms with Gasteiger partial charge in [0.25, 0.3) is 0 Å². The largest absolute Gasteiger partial charge is 0.444 e. The van der Waals surface area contributed by atoms with Gasteiger partial charge in [0.15, 0.2) is 0 Å². The summed E-state index contributed by atoms with van der Waals surface area (Å²) < 4.78 is 5.47. The van der Waals surface area contributed by atoms with Crippen LogP contribution in [0.2, 0.25) is 0 Å². The molecular weight excluding hydrogens is 466 g/mol. The maximum atomic E-state index is 14.2. The van der Waals surface area contributed by atoms with Crippen LogP contribution in [0.5, 0.6) is 0 Å². The van der Waals surface area contributed by atoms with Crippen molar-refractivity contribution < 1.29 is 19.1 Å². The quantitative estimate of drug-likeness (QED) is 0.424. The van der Waals surface area contributed by atoms with Gasteiger partial charge in [-0.1, -0.05) is 56.9 Å². The molecule has 0 aromatic heterocycles. The number of alkyl carbamates (subject to hydrolysis) is 1. The first-order chi connectivity index (χ1) is 17.2. The Kier molecular flexibility index (Phi) is 11.0. The van der Waals surface area contributed by atoms with E-state index >= 15 is 0 Å². The molecule has 0 bridgehead atoms. The second-order valence-corrected chi connectivity index (χ2v) is 12.3. The number of amides is 3. The summed E-state index contributed by atoms with van der Waals surface area (Å²) in [5.74, 6) is -0.298. The van der Waals surface area contributed by atoms with Crippen LogP contribution < -0.4 is 10.6 Å². The van der Waals surface area contributed by atoms with E-state index < -0.39 is 23.8 Å². The van der Waals surface area contributed by atoms with Crippen LogP contribution in [0.25, 0.3) is 0 Å². The molecule has 1 fully saturated rings. The molecule has 1 aliphatic rings. The molecule has 0 aliphatic heterocycles. The number of carbonyl (C=O) groups is 3. The third-order valence-corrected chi connectivity index (χ3v) is 6.70. The number of nitrogens with zero attached hydrogens (tertiary/aromatic N) is 1. The van der Waals surface area contributed by atoms with Crippen LogP contribution in [-0.2, 0) is 14.3 Å². The average Bonchev–Trinajstić information content (AvgIpc) is 2.76.